The maximum Gasteiger partial charge on any atom is 0.305 e. The fourth-order valence-corrected chi connectivity index (χ4v) is 6.64. The van der Waals surface area contributed by atoms with Crippen LogP contribution < -0.4 is 70.8 Å². The third-order valence-corrected chi connectivity index (χ3v) is 10.3. The van der Waals surface area contributed by atoms with Crippen LogP contribution in [0, 0.1) is 11.8 Å². The zero-order valence-electron chi connectivity index (χ0n) is 38.7. The van der Waals surface area contributed by atoms with Gasteiger partial charge >= 0.3 is 5.97 Å². The van der Waals surface area contributed by atoms with Gasteiger partial charge in [0.2, 0.25) is 65.0 Å². The van der Waals surface area contributed by atoms with Crippen LogP contribution in [0.4, 0.5) is 0 Å². The molecule has 1 heterocycles. The number of unbranched alkanes of at least 4 members (excludes halogenated alkanes) is 2. The van der Waals surface area contributed by atoms with Crippen LogP contribution in [0.15, 0.2) is 0 Å². The average molecular weight is 954 g/mol. The highest BCUT2D eigenvalue weighted by Crippen LogP contribution is 2.12. The summed E-state index contributed by atoms with van der Waals surface area (Å²) in [6.45, 7) is 5.77. The monoisotopic (exact) mass is 954 g/mol. The lowest BCUT2D eigenvalue weighted by Crippen LogP contribution is -2.60. The zero-order valence-corrected chi connectivity index (χ0v) is 38.7. The Kier molecular flexibility index (Phi) is 26.8. The summed E-state index contributed by atoms with van der Waals surface area (Å²) in [4.78, 5) is 158. The molecule has 1 fully saturated rings. The first-order valence-corrected chi connectivity index (χ1v) is 22.3. The number of carboxylic acid groups (broad SMARTS) is 1. The molecular formula is C41H71N13O13. The van der Waals surface area contributed by atoms with Gasteiger partial charge in [-0.15, -0.1) is 0 Å². The Labute approximate surface area is 388 Å². The van der Waals surface area contributed by atoms with E-state index in [2.05, 4.69) is 47.9 Å². The van der Waals surface area contributed by atoms with Gasteiger partial charge in [0.15, 0.2) is 0 Å². The van der Waals surface area contributed by atoms with Crippen molar-refractivity contribution in [3.63, 3.8) is 0 Å². The molecule has 11 amide bonds. The molecule has 0 bridgehead atoms. The quantitative estimate of drug-likeness (QED) is 0.0538. The molecule has 1 rings (SSSR count). The largest absolute Gasteiger partial charge is 0.481 e. The Morgan fingerprint density at radius 1 is 0.507 bits per heavy atom. The lowest BCUT2D eigenvalue weighted by Gasteiger charge is -2.29. The minimum Gasteiger partial charge on any atom is -0.481 e. The van der Waals surface area contributed by atoms with Crippen LogP contribution >= 0.6 is 0 Å². The van der Waals surface area contributed by atoms with Crippen molar-refractivity contribution >= 4 is 70.9 Å². The van der Waals surface area contributed by atoms with Crippen molar-refractivity contribution in [1.29, 1.82) is 0 Å². The van der Waals surface area contributed by atoms with Gasteiger partial charge in [-0.3, -0.25) is 57.5 Å². The normalized spacial score (nSPS) is 23.8. The van der Waals surface area contributed by atoms with Crippen LogP contribution in [-0.2, 0) is 57.5 Å². The molecule has 0 saturated carbocycles. The maximum absolute atomic E-state index is 14.0. The van der Waals surface area contributed by atoms with Crippen molar-refractivity contribution in [2.75, 3.05) is 26.2 Å². The number of nitrogens with two attached hydrogens (primary N) is 4. The van der Waals surface area contributed by atoms with Gasteiger partial charge in [0.25, 0.3) is 0 Å². The number of carbonyl (C=O) groups is 12. The van der Waals surface area contributed by atoms with Crippen LogP contribution in [0.1, 0.15) is 105 Å². The fourth-order valence-electron chi connectivity index (χ4n) is 6.64. The molecule has 0 spiro atoms. The molecule has 1 saturated heterocycles. The molecule has 0 aromatic carbocycles. The first-order chi connectivity index (χ1) is 31.5. The third kappa shape index (κ3) is 23.5. The molecule has 378 valence electrons. The number of amides is 11. The molecule has 0 aromatic rings. The zero-order chi connectivity index (χ0) is 50.8. The number of aliphatic carboxylic acids is 1. The van der Waals surface area contributed by atoms with E-state index in [1.54, 1.807) is 27.7 Å². The summed E-state index contributed by atoms with van der Waals surface area (Å²) in [5.74, 6) is -12.6. The van der Waals surface area contributed by atoms with E-state index in [0.717, 1.165) is 0 Å². The van der Waals surface area contributed by atoms with E-state index in [1.807, 2.05) is 0 Å². The summed E-state index contributed by atoms with van der Waals surface area (Å²) >= 11 is 0. The van der Waals surface area contributed by atoms with E-state index >= 15 is 0 Å². The Balaban J connectivity index is 3.89. The van der Waals surface area contributed by atoms with Gasteiger partial charge in [0, 0.05) is 12.8 Å². The smallest absolute Gasteiger partial charge is 0.305 e. The van der Waals surface area contributed by atoms with Crippen molar-refractivity contribution in [2.24, 2.45) is 34.8 Å². The molecule has 0 aliphatic carbocycles. The average Bonchev–Trinajstić information content (AvgIpc) is 3.24. The van der Waals surface area contributed by atoms with E-state index in [0.29, 0.717) is 19.3 Å². The minimum atomic E-state index is -1.90. The standard InChI is InChI=1S/C41H71N13O13/c1-21(2)17-27-40(66)54-34(22(3)4)41(67)52-24(10-6-8-16-43)36(62)51-26(12-14-30(45)56)38(64)49-23(9-5-7-15-42)37(63)53-28(18-33(59)60)39(65)50-25(11-13-29(44)55)35(61)47-19-31(57)46-20-32(58)48-27/h21-28,34H,5-20,42-43H2,1-4H3,(H2,44,55)(H2,45,56)(H,46,57)(H,47,61)(H,48,58)(H,49,64)(H,50,65)(H,51,62)(H,52,67)(H,53,63)(H,54,66)(H,59,60)/t23-,24-,25-,26-,27-,28-,34-/m0/s1. The number of hydrogen-bond acceptors (Lipinski definition) is 14. The molecule has 1 aliphatic rings. The number of rotatable bonds is 19. The minimum absolute atomic E-state index is 0.00288. The second-order valence-electron chi connectivity index (χ2n) is 17.0. The van der Waals surface area contributed by atoms with E-state index in [-0.39, 0.29) is 51.1 Å². The van der Waals surface area contributed by atoms with E-state index in [4.69, 9.17) is 22.9 Å². The van der Waals surface area contributed by atoms with E-state index < -0.39 is 158 Å². The number of primary amides is 2. The van der Waals surface area contributed by atoms with Crippen LogP contribution in [0.5, 0.6) is 0 Å². The second-order valence-corrected chi connectivity index (χ2v) is 17.0. The molecule has 26 heteroatoms. The van der Waals surface area contributed by atoms with Crippen molar-refractivity contribution in [3.05, 3.63) is 0 Å². The summed E-state index contributed by atoms with van der Waals surface area (Å²) in [5, 5.41) is 31.5. The summed E-state index contributed by atoms with van der Waals surface area (Å²) in [6, 6.07) is -10.4. The van der Waals surface area contributed by atoms with Gasteiger partial charge in [-0.2, -0.15) is 0 Å². The molecule has 26 nitrogen and oxygen atoms in total. The first-order valence-electron chi connectivity index (χ1n) is 22.3. The van der Waals surface area contributed by atoms with Crippen molar-refractivity contribution in [2.45, 2.75) is 147 Å². The van der Waals surface area contributed by atoms with Crippen LogP contribution in [0.25, 0.3) is 0 Å². The third-order valence-electron chi connectivity index (χ3n) is 10.3. The number of carbonyl (C=O) groups excluding carboxylic acids is 11. The maximum atomic E-state index is 14.0. The highest BCUT2D eigenvalue weighted by molar-refractivity contribution is 5.99. The molecule has 0 unspecified atom stereocenters. The Hall–Kier alpha value is -6.44. The van der Waals surface area contributed by atoms with Gasteiger partial charge in [-0.05, 0) is 82.7 Å². The van der Waals surface area contributed by atoms with Gasteiger partial charge < -0.3 is 75.9 Å². The fraction of sp³-hybridized carbons (Fsp3) is 0.707. The highest BCUT2D eigenvalue weighted by Gasteiger charge is 2.36. The summed E-state index contributed by atoms with van der Waals surface area (Å²) in [5.41, 5.74) is 22.0. The molecule has 1 aliphatic heterocycles. The molecular weight excluding hydrogens is 883 g/mol. The van der Waals surface area contributed by atoms with Crippen LogP contribution in [0.2, 0.25) is 0 Å². The predicted octanol–water partition coefficient (Wildman–Crippen LogP) is -5.41. The first kappa shape index (κ1) is 58.6. The topological polar surface area (TPSA) is 437 Å². The summed E-state index contributed by atoms with van der Waals surface area (Å²) < 4.78 is 0. The van der Waals surface area contributed by atoms with Gasteiger partial charge in [-0.25, -0.2) is 0 Å². The molecule has 7 atom stereocenters. The summed E-state index contributed by atoms with van der Waals surface area (Å²) in [6.07, 6.45) is -1.50. The van der Waals surface area contributed by atoms with E-state index in [1.165, 1.54) is 0 Å². The van der Waals surface area contributed by atoms with Gasteiger partial charge in [0.05, 0.1) is 19.5 Å². The van der Waals surface area contributed by atoms with E-state index in [9.17, 15) is 62.6 Å². The predicted molar refractivity (Wildman–Crippen MR) is 239 cm³/mol. The van der Waals surface area contributed by atoms with Crippen molar-refractivity contribution in [1.82, 2.24) is 47.9 Å². The molecule has 18 N–H and O–H groups in total. The van der Waals surface area contributed by atoms with Gasteiger partial charge in [0.1, 0.15) is 42.3 Å². The lowest BCUT2D eigenvalue weighted by atomic mass is 9.99. The Morgan fingerprint density at radius 3 is 1.34 bits per heavy atom. The second kappa shape index (κ2) is 30.7. The summed E-state index contributed by atoms with van der Waals surface area (Å²) in [7, 11) is 0. The Morgan fingerprint density at radius 2 is 0.910 bits per heavy atom. The number of carboxylic acids is 1. The van der Waals surface area contributed by atoms with Gasteiger partial charge in [-0.1, -0.05) is 27.7 Å². The van der Waals surface area contributed by atoms with Crippen molar-refractivity contribution in [3.8, 4) is 0 Å². The number of hydrogen-bond donors (Lipinski definition) is 14. The lowest BCUT2D eigenvalue weighted by molar-refractivity contribution is -0.141. The SMILES string of the molecule is CC(C)C[C@@H]1NC(=O)CNC(=O)CNC(=O)[C@H](CCC(N)=O)NC(=O)[C@H](CC(=O)O)NC(=O)[C@H](CCCCN)NC(=O)[C@H](CCC(N)=O)NC(=O)[C@H](CCCCN)NC(=O)[C@H](C(C)C)NC1=O. The molecule has 67 heavy (non-hydrogen) atoms. The molecule has 0 aromatic heterocycles. The van der Waals surface area contributed by atoms with Crippen LogP contribution in [0.3, 0.4) is 0 Å². The molecule has 0 radical (unpaired) electrons. The van der Waals surface area contributed by atoms with Crippen molar-refractivity contribution < 1.29 is 62.6 Å². The Bertz CT molecular complexity index is 1760. The highest BCUT2D eigenvalue weighted by atomic mass is 16.4. The van der Waals surface area contributed by atoms with Crippen LogP contribution in [-0.4, -0.2) is 145 Å². The number of nitrogens with one attached hydrogen (secondary N) is 9.